The van der Waals surface area contributed by atoms with E-state index in [1.54, 1.807) is 27.6 Å². The quantitative estimate of drug-likeness (QED) is 0.785. The Hall–Kier alpha value is -0.390. The van der Waals surface area contributed by atoms with Crippen LogP contribution in [0.3, 0.4) is 0 Å². The highest BCUT2D eigenvalue weighted by Gasteiger charge is 2.14. The van der Waals surface area contributed by atoms with E-state index in [9.17, 15) is 4.79 Å². The smallest absolute Gasteiger partial charge is 0.263 e. The summed E-state index contributed by atoms with van der Waals surface area (Å²) in [6.45, 7) is 0.801. The number of thiophene rings is 2. The van der Waals surface area contributed by atoms with E-state index in [2.05, 4.69) is 27.4 Å². The second-order valence-corrected chi connectivity index (χ2v) is 6.35. The fraction of sp³-hybridized carbons (Fsp3) is 0.364. The summed E-state index contributed by atoms with van der Waals surface area (Å²) in [5.74, 6) is 0.134. The van der Waals surface area contributed by atoms with Crippen LogP contribution >= 0.6 is 38.6 Å². The van der Waals surface area contributed by atoms with Crippen LogP contribution in [-0.4, -0.2) is 29.7 Å². The number of alkyl halides is 1. The van der Waals surface area contributed by atoms with Gasteiger partial charge in [-0.2, -0.15) is 0 Å². The number of hydrogen-bond donors (Lipinski definition) is 0. The zero-order valence-corrected chi connectivity index (χ0v) is 12.1. The van der Waals surface area contributed by atoms with Gasteiger partial charge in [0.25, 0.3) is 5.91 Å². The molecule has 0 N–H and O–H groups in total. The topological polar surface area (TPSA) is 20.3 Å². The minimum atomic E-state index is 0.134. The highest BCUT2D eigenvalue weighted by Crippen LogP contribution is 2.30. The van der Waals surface area contributed by atoms with Gasteiger partial charge in [-0.25, -0.2) is 0 Å². The Morgan fingerprint density at radius 1 is 1.50 bits per heavy atom. The molecule has 0 saturated heterocycles. The largest absolute Gasteiger partial charge is 0.341 e. The molecule has 2 aromatic rings. The molecule has 0 aliphatic rings. The monoisotopic (exact) mass is 317 g/mol. The number of rotatable bonds is 4. The Bertz CT molecular complexity index is 462. The van der Waals surface area contributed by atoms with Gasteiger partial charge in [-0.05, 0) is 23.9 Å². The molecule has 0 aromatic carbocycles. The number of carbonyl (C=O) groups is 1. The summed E-state index contributed by atoms with van der Waals surface area (Å²) < 4.78 is 2.42. The maximum Gasteiger partial charge on any atom is 0.263 e. The summed E-state index contributed by atoms with van der Waals surface area (Å²) >= 11 is 6.64. The summed E-state index contributed by atoms with van der Waals surface area (Å²) in [4.78, 5) is 14.7. The number of hydrogen-bond acceptors (Lipinski definition) is 3. The highest BCUT2D eigenvalue weighted by atomic mass is 79.9. The van der Waals surface area contributed by atoms with Gasteiger partial charge in [-0.3, -0.25) is 4.79 Å². The van der Waals surface area contributed by atoms with E-state index < -0.39 is 0 Å². The van der Waals surface area contributed by atoms with Gasteiger partial charge in [-0.15, -0.1) is 22.7 Å². The summed E-state index contributed by atoms with van der Waals surface area (Å²) in [6, 6.07) is 4.07. The third kappa shape index (κ3) is 2.47. The Kier molecular flexibility index (Phi) is 4.00. The van der Waals surface area contributed by atoms with Crippen molar-refractivity contribution in [1.82, 2.24) is 4.90 Å². The molecule has 0 aliphatic carbocycles. The third-order valence-corrected chi connectivity index (χ3v) is 4.97. The van der Waals surface area contributed by atoms with Crippen LogP contribution in [0.1, 0.15) is 16.1 Å². The van der Waals surface area contributed by atoms with Gasteiger partial charge >= 0.3 is 0 Å². The van der Waals surface area contributed by atoms with Gasteiger partial charge in [0, 0.05) is 28.3 Å². The molecule has 2 nitrogen and oxygen atoms in total. The Morgan fingerprint density at radius 3 is 3.00 bits per heavy atom. The standard InChI is InChI=1S/C11H12BrNOS2/c1-13(5-2-4-12)11(14)10-7-9-8(16-10)3-6-15-9/h3,6-7H,2,4-5H2,1H3. The van der Waals surface area contributed by atoms with Crippen molar-refractivity contribution < 1.29 is 4.79 Å². The van der Waals surface area contributed by atoms with Gasteiger partial charge in [0.1, 0.15) is 0 Å². The van der Waals surface area contributed by atoms with E-state index in [0.717, 1.165) is 23.2 Å². The first-order valence-corrected chi connectivity index (χ1v) is 7.82. The Labute approximate surface area is 111 Å². The molecule has 1 amide bonds. The van der Waals surface area contributed by atoms with E-state index in [1.807, 2.05) is 13.1 Å². The average Bonchev–Trinajstić information content (AvgIpc) is 2.84. The first-order chi connectivity index (χ1) is 7.72. The predicted octanol–water partition coefficient (Wildman–Crippen LogP) is 3.82. The minimum absolute atomic E-state index is 0.134. The molecule has 0 aliphatic heterocycles. The van der Waals surface area contributed by atoms with Crippen molar-refractivity contribution in [3.05, 3.63) is 22.4 Å². The lowest BCUT2D eigenvalue weighted by atomic mass is 10.3. The lowest BCUT2D eigenvalue weighted by Gasteiger charge is -2.14. The number of nitrogens with zero attached hydrogens (tertiary/aromatic N) is 1. The van der Waals surface area contributed by atoms with Crippen LogP contribution in [0.25, 0.3) is 9.40 Å². The number of carbonyl (C=O) groups excluding carboxylic acids is 1. The molecule has 0 fully saturated rings. The van der Waals surface area contributed by atoms with Gasteiger partial charge in [0.05, 0.1) is 4.88 Å². The molecular weight excluding hydrogens is 306 g/mol. The normalized spacial score (nSPS) is 10.9. The number of amides is 1. The van der Waals surface area contributed by atoms with Gasteiger partial charge in [0.15, 0.2) is 0 Å². The molecule has 86 valence electrons. The second kappa shape index (κ2) is 5.29. The van der Waals surface area contributed by atoms with E-state index in [1.165, 1.54) is 9.40 Å². The van der Waals surface area contributed by atoms with Crippen molar-refractivity contribution in [2.45, 2.75) is 6.42 Å². The lowest BCUT2D eigenvalue weighted by molar-refractivity contribution is 0.0800. The number of halogens is 1. The fourth-order valence-corrected chi connectivity index (χ4v) is 3.81. The van der Waals surface area contributed by atoms with Crippen LogP contribution in [0, 0.1) is 0 Å². The van der Waals surface area contributed by atoms with Crippen LogP contribution in [0.5, 0.6) is 0 Å². The molecule has 0 radical (unpaired) electrons. The highest BCUT2D eigenvalue weighted by molar-refractivity contribution is 9.09. The first kappa shape index (κ1) is 12.1. The molecule has 2 heterocycles. The third-order valence-electron chi connectivity index (χ3n) is 2.32. The van der Waals surface area contributed by atoms with Gasteiger partial charge < -0.3 is 4.90 Å². The zero-order chi connectivity index (χ0) is 11.5. The van der Waals surface area contributed by atoms with Crippen molar-refractivity contribution >= 4 is 53.9 Å². The molecule has 0 atom stereocenters. The van der Waals surface area contributed by atoms with Crippen molar-refractivity contribution in [1.29, 1.82) is 0 Å². The zero-order valence-electron chi connectivity index (χ0n) is 8.90. The maximum absolute atomic E-state index is 12.0. The summed E-state index contributed by atoms with van der Waals surface area (Å²) in [7, 11) is 1.86. The van der Waals surface area contributed by atoms with Crippen LogP contribution in [0.15, 0.2) is 17.5 Å². The predicted molar refractivity (Wildman–Crippen MR) is 75.1 cm³/mol. The SMILES string of the molecule is CN(CCCBr)C(=O)c1cc2sccc2s1. The maximum atomic E-state index is 12.0. The number of fused-ring (bicyclic) bond motifs is 1. The van der Waals surface area contributed by atoms with Gasteiger partial charge in [-0.1, -0.05) is 15.9 Å². The summed E-state index contributed by atoms with van der Waals surface area (Å²) in [6.07, 6.45) is 0.988. The van der Waals surface area contributed by atoms with E-state index in [0.29, 0.717) is 0 Å². The fourth-order valence-electron chi connectivity index (χ4n) is 1.46. The van der Waals surface area contributed by atoms with Crippen molar-refractivity contribution in [3.8, 4) is 0 Å². The molecule has 2 rings (SSSR count). The molecule has 2 aromatic heterocycles. The molecule has 0 spiro atoms. The minimum Gasteiger partial charge on any atom is -0.341 e. The molecule has 0 bridgehead atoms. The van der Waals surface area contributed by atoms with Gasteiger partial charge in [0.2, 0.25) is 0 Å². The summed E-state index contributed by atoms with van der Waals surface area (Å²) in [5.41, 5.74) is 0. The Morgan fingerprint density at radius 2 is 2.31 bits per heavy atom. The van der Waals surface area contributed by atoms with Crippen LogP contribution in [0.2, 0.25) is 0 Å². The van der Waals surface area contributed by atoms with E-state index >= 15 is 0 Å². The second-order valence-electron chi connectivity index (χ2n) is 3.53. The van der Waals surface area contributed by atoms with Crippen LogP contribution < -0.4 is 0 Å². The van der Waals surface area contributed by atoms with E-state index in [-0.39, 0.29) is 5.91 Å². The van der Waals surface area contributed by atoms with Crippen molar-refractivity contribution in [3.63, 3.8) is 0 Å². The average molecular weight is 318 g/mol. The first-order valence-electron chi connectivity index (χ1n) is 5.01. The van der Waals surface area contributed by atoms with Crippen molar-refractivity contribution in [2.75, 3.05) is 18.9 Å². The molecule has 16 heavy (non-hydrogen) atoms. The lowest BCUT2D eigenvalue weighted by Crippen LogP contribution is -2.27. The molecule has 0 saturated carbocycles. The van der Waals surface area contributed by atoms with E-state index in [4.69, 9.17) is 0 Å². The van der Waals surface area contributed by atoms with Crippen molar-refractivity contribution in [2.24, 2.45) is 0 Å². The van der Waals surface area contributed by atoms with Crippen LogP contribution in [-0.2, 0) is 0 Å². The Balaban J connectivity index is 2.12. The molecule has 5 heteroatoms. The molecular formula is C11H12BrNOS2. The summed E-state index contributed by atoms with van der Waals surface area (Å²) in [5, 5.41) is 2.99. The van der Waals surface area contributed by atoms with Crippen LogP contribution in [0.4, 0.5) is 0 Å². The molecule has 0 unspecified atom stereocenters.